The molecule has 3 rings (SSSR count). The summed E-state index contributed by atoms with van der Waals surface area (Å²) >= 11 is 18.5. The molecule has 0 fully saturated rings. The number of rotatable bonds is 2. The number of ether oxygens (including phenoxy) is 1. The molecular weight excluding hydrogens is 329 g/mol. The molecule has 1 unspecified atom stereocenters. The average molecular weight is 343 g/mol. The summed E-state index contributed by atoms with van der Waals surface area (Å²) < 4.78 is 5.67. The Kier molecular flexibility index (Phi) is 4.21. The Labute approximate surface area is 139 Å². The molecule has 0 saturated carbocycles. The molecule has 5 heteroatoms. The molecule has 1 aliphatic heterocycles. The molecule has 0 amide bonds. The number of hydrogen-bond donors (Lipinski definition) is 1. The quantitative estimate of drug-likeness (QED) is 0.734. The van der Waals surface area contributed by atoms with E-state index >= 15 is 0 Å². The summed E-state index contributed by atoms with van der Waals surface area (Å²) in [7, 11) is 0. The van der Waals surface area contributed by atoms with E-state index in [2.05, 4.69) is 5.32 Å². The molecule has 0 saturated heterocycles. The third-order valence-corrected chi connectivity index (χ3v) is 4.57. The summed E-state index contributed by atoms with van der Waals surface area (Å²) in [6.07, 6.45) is 0.843. The highest BCUT2D eigenvalue weighted by molar-refractivity contribution is 6.35. The lowest BCUT2D eigenvalue weighted by atomic mass is 9.99. The van der Waals surface area contributed by atoms with E-state index in [0.717, 1.165) is 28.3 Å². The van der Waals surface area contributed by atoms with E-state index in [9.17, 15) is 0 Å². The van der Waals surface area contributed by atoms with Gasteiger partial charge in [-0.05, 0) is 36.8 Å². The molecule has 1 aliphatic rings. The van der Waals surface area contributed by atoms with Crippen LogP contribution in [0.15, 0.2) is 30.3 Å². The van der Waals surface area contributed by atoms with Crippen LogP contribution in [-0.4, -0.2) is 6.61 Å². The third-order valence-electron chi connectivity index (χ3n) is 3.66. The molecular formula is C16H14Cl3NO. The summed E-state index contributed by atoms with van der Waals surface area (Å²) in [5.41, 5.74) is 3.02. The predicted octanol–water partition coefficient (Wildman–Crippen LogP) is 5.89. The number of hydrogen-bond acceptors (Lipinski definition) is 2. The van der Waals surface area contributed by atoms with E-state index in [4.69, 9.17) is 39.5 Å². The fraction of sp³-hybridized carbons (Fsp3) is 0.250. The summed E-state index contributed by atoms with van der Waals surface area (Å²) in [6.45, 7) is 2.61. The lowest BCUT2D eigenvalue weighted by Gasteiger charge is -2.29. The Balaban J connectivity index is 1.97. The maximum absolute atomic E-state index is 6.21. The van der Waals surface area contributed by atoms with E-state index in [0.29, 0.717) is 22.4 Å². The molecule has 1 atom stereocenters. The van der Waals surface area contributed by atoms with Gasteiger partial charge in [0.1, 0.15) is 5.75 Å². The van der Waals surface area contributed by atoms with Gasteiger partial charge in [0.2, 0.25) is 0 Å². The monoisotopic (exact) mass is 341 g/mol. The Bertz CT molecular complexity index is 687. The van der Waals surface area contributed by atoms with Crippen molar-refractivity contribution in [2.75, 3.05) is 11.9 Å². The Morgan fingerprint density at radius 1 is 1.14 bits per heavy atom. The topological polar surface area (TPSA) is 21.3 Å². The molecule has 21 heavy (non-hydrogen) atoms. The van der Waals surface area contributed by atoms with Crippen molar-refractivity contribution in [1.82, 2.24) is 0 Å². The van der Waals surface area contributed by atoms with Gasteiger partial charge in [-0.1, -0.05) is 40.9 Å². The van der Waals surface area contributed by atoms with Crippen molar-refractivity contribution in [3.8, 4) is 5.75 Å². The summed E-state index contributed by atoms with van der Waals surface area (Å²) in [4.78, 5) is 0. The van der Waals surface area contributed by atoms with Crippen molar-refractivity contribution in [3.63, 3.8) is 0 Å². The first-order valence-corrected chi connectivity index (χ1v) is 7.83. The second kappa shape index (κ2) is 5.96. The van der Waals surface area contributed by atoms with Crippen LogP contribution < -0.4 is 10.1 Å². The van der Waals surface area contributed by atoms with Gasteiger partial charge in [-0.15, -0.1) is 0 Å². The minimum Gasteiger partial charge on any atom is -0.492 e. The second-order valence-electron chi connectivity index (χ2n) is 5.05. The first-order valence-electron chi connectivity index (χ1n) is 6.69. The van der Waals surface area contributed by atoms with E-state index in [-0.39, 0.29) is 6.04 Å². The highest BCUT2D eigenvalue weighted by Crippen LogP contribution is 2.41. The number of halogens is 3. The van der Waals surface area contributed by atoms with Gasteiger partial charge in [0.05, 0.1) is 17.7 Å². The predicted molar refractivity (Wildman–Crippen MR) is 89.1 cm³/mol. The summed E-state index contributed by atoms with van der Waals surface area (Å²) in [5, 5.41) is 5.42. The van der Waals surface area contributed by atoms with E-state index in [1.165, 1.54) is 0 Å². The summed E-state index contributed by atoms with van der Waals surface area (Å²) in [6, 6.07) is 9.54. The molecule has 0 spiro atoms. The van der Waals surface area contributed by atoms with Gasteiger partial charge in [0.25, 0.3) is 0 Å². The van der Waals surface area contributed by atoms with Gasteiger partial charge in [0, 0.05) is 27.7 Å². The molecule has 2 aromatic rings. The highest BCUT2D eigenvalue weighted by atomic mass is 35.5. The largest absolute Gasteiger partial charge is 0.492 e. The van der Waals surface area contributed by atoms with Crippen LogP contribution in [-0.2, 0) is 0 Å². The fourth-order valence-corrected chi connectivity index (χ4v) is 3.27. The summed E-state index contributed by atoms with van der Waals surface area (Å²) in [5.74, 6) is 0.712. The molecule has 2 aromatic carbocycles. The van der Waals surface area contributed by atoms with E-state index in [1.54, 1.807) is 6.07 Å². The maximum Gasteiger partial charge on any atom is 0.143 e. The van der Waals surface area contributed by atoms with Gasteiger partial charge < -0.3 is 10.1 Å². The van der Waals surface area contributed by atoms with Gasteiger partial charge in [-0.2, -0.15) is 0 Å². The smallest absolute Gasteiger partial charge is 0.143 e. The Morgan fingerprint density at radius 2 is 1.95 bits per heavy atom. The van der Waals surface area contributed by atoms with Crippen LogP contribution in [0.2, 0.25) is 15.1 Å². The van der Waals surface area contributed by atoms with Crippen molar-refractivity contribution in [2.24, 2.45) is 0 Å². The Morgan fingerprint density at radius 3 is 2.76 bits per heavy atom. The van der Waals surface area contributed by atoms with Crippen molar-refractivity contribution >= 4 is 40.5 Å². The van der Waals surface area contributed by atoms with Crippen LogP contribution in [0, 0.1) is 6.92 Å². The normalized spacial score (nSPS) is 17.0. The van der Waals surface area contributed by atoms with Gasteiger partial charge >= 0.3 is 0 Å². The first kappa shape index (κ1) is 14.8. The molecule has 2 nitrogen and oxygen atoms in total. The van der Waals surface area contributed by atoms with E-state index in [1.807, 2.05) is 31.2 Å². The van der Waals surface area contributed by atoms with Crippen molar-refractivity contribution in [3.05, 3.63) is 56.5 Å². The molecule has 0 bridgehead atoms. The van der Waals surface area contributed by atoms with Crippen molar-refractivity contribution < 1.29 is 4.74 Å². The zero-order chi connectivity index (χ0) is 15.0. The van der Waals surface area contributed by atoms with Crippen molar-refractivity contribution in [1.29, 1.82) is 0 Å². The van der Waals surface area contributed by atoms with Crippen LogP contribution in [0.1, 0.15) is 23.6 Å². The Hall–Kier alpha value is -1.09. The number of anilines is 1. The number of fused-ring (bicyclic) bond motifs is 1. The molecule has 0 aliphatic carbocycles. The minimum atomic E-state index is 0.0992. The van der Waals surface area contributed by atoms with Gasteiger partial charge in [0.15, 0.2) is 0 Å². The first-order chi connectivity index (χ1) is 10.1. The number of benzene rings is 2. The average Bonchev–Trinajstić information content (AvgIpc) is 2.44. The molecule has 1 heterocycles. The third kappa shape index (κ3) is 2.94. The highest BCUT2D eigenvalue weighted by Gasteiger charge is 2.24. The van der Waals surface area contributed by atoms with Gasteiger partial charge in [-0.25, -0.2) is 0 Å². The zero-order valence-corrected chi connectivity index (χ0v) is 13.7. The van der Waals surface area contributed by atoms with Crippen LogP contribution in [0.3, 0.4) is 0 Å². The molecule has 0 radical (unpaired) electrons. The number of nitrogens with one attached hydrogen (secondary N) is 1. The lowest BCUT2D eigenvalue weighted by molar-refractivity contribution is 0.274. The second-order valence-corrected chi connectivity index (χ2v) is 6.30. The standard InChI is InChI=1S/C16H14Cl3NO/c1-9-12(18)3-2-4-14(9)20-15-5-6-21-16-11(15)7-10(17)8-13(16)19/h2-4,7-8,15,20H,5-6H2,1H3. The van der Waals surface area contributed by atoms with Crippen LogP contribution in [0.25, 0.3) is 0 Å². The molecule has 0 aromatic heterocycles. The lowest BCUT2D eigenvalue weighted by Crippen LogP contribution is -2.21. The van der Waals surface area contributed by atoms with Crippen LogP contribution in [0.5, 0.6) is 5.75 Å². The van der Waals surface area contributed by atoms with Crippen LogP contribution in [0.4, 0.5) is 5.69 Å². The maximum atomic E-state index is 6.21. The van der Waals surface area contributed by atoms with E-state index < -0.39 is 0 Å². The molecule has 1 N–H and O–H groups in total. The van der Waals surface area contributed by atoms with Gasteiger partial charge in [-0.3, -0.25) is 0 Å². The fourth-order valence-electron chi connectivity index (χ4n) is 2.53. The van der Waals surface area contributed by atoms with Crippen molar-refractivity contribution in [2.45, 2.75) is 19.4 Å². The molecule has 110 valence electrons. The SMILES string of the molecule is Cc1c(Cl)cccc1NC1CCOc2c(Cl)cc(Cl)cc21. The zero-order valence-electron chi connectivity index (χ0n) is 11.4. The minimum absolute atomic E-state index is 0.0992. The van der Waals surface area contributed by atoms with Crippen LogP contribution >= 0.6 is 34.8 Å².